The Morgan fingerprint density at radius 2 is 2.05 bits per heavy atom. The molecule has 1 amide bonds. The lowest BCUT2D eigenvalue weighted by atomic mass is 9.87. The van der Waals surface area contributed by atoms with E-state index < -0.39 is 0 Å². The first kappa shape index (κ1) is 14.7. The molecule has 0 aliphatic heterocycles. The largest absolute Gasteiger partial charge is 0.397 e. The standard InChI is InChI=1S/C16H25N3O/c1-18-16(20)13-7-8-15(14(17)11-13)19-10-9-12-5-3-2-4-6-12/h7-8,11-12,19H,2-6,9-10,17H2,1H3,(H,18,20). The van der Waals surface area contributed by atoms with Gasteiger partial charge in [0.1, 0.15) is 0 Å². The number of nitrogens with one attached hydrogen (secondary N) is 2. The van der Waals surface area contributed by atoms with Crippen LogP contribution in [-0.2, 0) is 0 Å². The molecule has 2 rings (SSSR count). The van der Waals surface area contributed by atoms with Crippen molar-refractivity contribution in [3.05, 3.63) is 23.8 Å². The molecule has 110 valence electrons. The Morgan fingerprint density at radius 1 is 1.30 bits per heavy atom. The van der Waals surface area contributed by atoms with Crippen LogP contribution >= 0.6 is 0 Å². The Kier molecular flexibility index (Phi) is 5.27. The minimum atomic E-state index is -0.106. The Labute approximate surface area is 121 Å². The second-order valence-electron chi connectivity index (χ2n) is 5.60. The zero-order valence-electron chi connectivity index (χ0n) is 12.2. The van der Waals surface area contributed by atoms with Crippen molar-refractivity contribution in [1.29, 1.82) is 0 Å². The van der Waals surface area contributed by atoms with Gasteiger partial charge in [0.25, 0.3) is 5.91 Å². The Bertz CT molecular complexity index is 453. The molecule has 1 aliphatic rings. The quantitative estimate of drug-likeness (QED) is 0.724. The van der Waals surface area contributed by atoms with Gasteiger partial charge in [0.15, 0.2) is 0 Å². The third-order valence-corrected chi connectivity index (χ3v) is 4.13. The minimum absolute atomic E-state index is 0.106. The van der Waals surface area contributed by atoms with Crippen LogP contribution < -0.4 is 16.4 Å². The third kappa shape index (κ3) is 3.89. The van der Waals surface area contributed by atoms with E-state index >= 15 is 0 Å². The second-order valence-corrected chi connectivity index (χ2v) is 5.60. The predicted octanol–water partition coefficient (Wildman–Crippen LogP) is 3.01. The van der Waals surface area contributed by atoms with E-state index in [0.29, 0.717) is 11.3 Å². The molecule has 0 atom stereocenters. The summed E-state index contributed by atoms with van der Waals surface area (Å²) < 4.78 is 0. The highest BCUT2D eigenvalue weighted by molar-refractivity contribution is 5.95. The van der Waals surface area contributed by atoms with E-state index in [4.69, 9.17) is 5.73 Å². The van der Waals surface area contributed by atoms with Crippen LogP contribution in [0.5, 0.6) is 0 Å². The molecule has 4 N–H and O–H groups in total. The number of anilines is 2. The van der Waals surface area contributed by atoms with E-state index in [2.05, 4.69) is 10.6 Å². The maximum absolute atomic E-state index is 11.5. The van der Waals surface area contributed by atoms with E-state index in [1.165, 1.54) is 38.5 Å². The molecule has 1 aromatic rings. The summed E-state index contributed by atoms with van der Waals surface area (Å²) >= 11 is 0. The first-order chi connectivity index (χ1) is 9.70. The van der Waals surface area contributed by atoms with Crippen molar-refractivity contribution in [2.45, 2.75) is 38.5 Å². The van der Waals surface area contributed by atoms with Crippen LogP contribution in [0.15, 0.2) is 18.2 Å². The molecule has 1 aliphatic carbocycles. The number of nitrogen functional groups attached to an aromatic ring is 1. The van der Waals surface area contributed by atoms with Crippen LogP contribution in [0.4, 0.5) is 11.4 Å². The van der Waals surface area contributed by atoms with Gasteiger partial charge in [0, 0.05) is 19.2 Å². The third-order valence-electron chi connectivity index (χ3n) is 4.13. The summed E-state index contributed by atoms with van der Waals surface area (Å²) in [7, 11) is 1.62. The fraction of sp³-hybridized carbons (Fsp3) is 0.562. The summed E-state index contributed by atoms with van der Waals surface area (Å²) in [6, 6.07) is 5.42. The number of benzene rings is 1. The van der Waals surface area contributed by atoms with Crippen LogP contribution in [0, 0.1) is 5.92 Å². The van der Waals surface area contributed by atoms with E-state index in [9.17, 15) is 4.79 Å². The fourth-order valence-corrected chi connectivity index (χ4v) is 2.90. The van der Waals surface area contributed by atoms with Gasteiger partial charge in [-0.3, -0.25) is 4.79 Å². The maximum atomic E-state index is 11.5. The normalized spacial score (nSPS) is 15.8. The number of amides is 1. The summed E-state index contributed by atoms with van der Waals surface area (Å²) in [6.45, 7) is 0.953. The molecular weight excluding hydrogens is 250 g/mol. The van der Waals surface area contributed by atoms with Crippen LogP contribution in [0.1, 0.15) is 48.9 Å². The number of hydrogen-bond acceptors (Lipinski definition) is 3. The lowest BCUT2D eigenvalue weighted by Crippen LogP contribution is -2.18. The van der Waals surface area contributed by atoms with Gasteiger partial charge in [-0.15, -0.1) is 0 Å². The highest BCUT2D eigenvalue weighted by atomic mass is 16.1. The first-order valence-corrected chi connectivity index (χ1v) is 7.56. The SMILES string of the molecule is CNC(=O)c1ccc(NCCC2CCCCC2)c(N)c1. The topological polar surface area (TPSA) is 67.2 Å². The van der Waals surface area contributed by atoms with Gasteiger partial charge >= 0.3 is 0 Å². The van der Waals surface area contributed by atoms with Crippen LogP contribution in [-0.4, -0.2) is 19.5 Å². The molecule has 4 nitrogen and oxygen atoms in total. The number of hydrogen-bond donors (Lipinski definition) is 3. The Balaban J connectivity index is 1.84. The van der Waals surface area contributed by atoms with Gasteiger partial charge in [-0.25, -0.2) is 0 Å². The summed E-state index contributed by atoms with van der Waals surface area (Å²) in [5, 5.41) is 5.99. The lowest BCUT2D eigenvalue weighted by molar-refractivity contribution is 0.0963. The average molecular weight is 275 g/mol. The molecule has 0 saturated heterocycles. The molecule has 4 heteroatoms. The molecule has 1 saturated carbocycles. The maximum Gasteiger partial charge on any atom is 0.251 e. The summed E-state index contributed by atoms with van der Waals surface area (Å²) in [5.74, 6) is 0.757. The zero-order chi connectivity index (χ0) is 14.4. The van der Waals surface area contributed by atoms with Crippen LogP contribution in [0.2, 0.25) is 0 Å². The highest BCUT2D eigenvalue weighted by Crippen LogP contribution is 2.27. The summed E-state index contributed by atoms with van der Waals surface area (Å²) in [4.78, 5) is 11.5. The number of rotatable bonds is 5. The number of carbonyl (C=O) groups excluding carboxylic acids is 1. The Hall–Kier alpha value is -1.71. The van der Waals surface area contributed by atoms with Crippen LogP contribution in [0.3, 0.4) is 0 Å². The van der Waals surface area contributed by atoms with Gasteiger partial charge in [-0.2, -0.15) is 0 Å². The molecular formula is C16H25N3O. The minimum Gasteiger partial charge on any atom is -0.397 e. The van der Waals surface area contributed by atoms with Crippen molar-refractivity contribution >= 4 is 17.3 Å². The lowest BCUT2D eigenvalue weighted by Gasteiger charge is -2.22. The summed E-state index contributed by atoms with van der Waals surface area (Å²) in [6.07, 6.45) is 8.11. The molecule has 0 radical (unpaired) electrons. The fourth-order valence-electron chi connectivity index (χ4n) is 2.90. The molecule has 0 aromatic heterocycles. The smallest absolute Gasteiger partial charge is 0.251 e. The number of carbonyl (C=O) groups is 1. The Morgan fingerprint density at radius 3 is 2.70 bits per heavy atom. The number of nitrogens with two attached hydrogens (primary N) is 1. The van der Waals surface area contributed by atoms with E-state index in [-0.39, 0.29) is 5.91 Å². The van der Waals surface area contributed by atoms with Crippen molar-refractivity contribution in [3.8, 4) is 0 Å². The molecule has 20 heavy (non-hydrogen) atoms. The van der Waals surface area contributed by atoms with E-state index in [0.717, 1.165) is 18.2 Å². The van der Waals surface area contributed by atoms with Gasteiger partial charge in [0.05, 0.1) is 11.4 Å². The van der Waals surface area contributed by atoms with Crippen LogP contribution in [0.25, 0.3) is 0 Å². The van der Waals surface area contributed by atoms with Crippen molar-refractivity contribution in [2.24, 2.45) is 5.92 Å². The molecule has 0 spiro atoms. The van der Waals surface area contributed by atoms with Crippen molar-refractivity contribution in [3.63, 3.8) is 0 Å². The zero-order valence-corrected chi connectivity index (χ0v) is 12.2. The van der Waals surface area contributed by atoms with Gasteiger partial charge in [0.2, 0.25) is 0 Å². The molecule has 1 aromatic carbocycles. The van der Waals surface area contributed by atoms with Gasteiger partial charge < -0.3 is 16.4 Å². The highest BCUT2D eigenvalue weighted by Gasteiger charge is 2.13. The van der Waals surface area contributed by atoms with Gasteiger partial charge in [-0.05, 0) is 30.5 Å². The van der Waals surface area contributed by atoms with Crippen molar-refractivity contribution in [1.82, 2.24) is 5.32 Å². The van der Waals surface area contributed by atoms with E-state index in [1.807, 2.05) is 6.07 Å². The molecule has 0 bridgehead atoms. The average Bonchev–Trinajstić information content (AvgIpc) is 2.49. The van der Waals surface area contributed by atoms with Crippen molar-refractivity contribution in [2.75, 3.05) is 24.6 Å². The monoisotopic (exact) mass is 275 g/mol. The van der Waals surface area contributed by atoms with E-state index in [1.54, 1.807) is 19.2 Å². The van der Waals surface area contributed by atoms with Gasteiger partial charge in [-0.1, -0.05) is 32.1 Å². The van der Waals surface area contributed by atoms with Crippen molar-refractivity contribution < 1.29 is 4.79 Å². The molecule has 0 heterocycles. The summed E-state index contributed by atoms with van der Waals surface area (Å²) in [5.41, 5.74) is 8.15. The predicted molar refractivity (Wildman–Crippen MR) is 83.9 cm³/mol. The second kappa shape index (κ2) is 7.17. The molecule has 0 unspecified atom stereocenters. The first-order valence-electron chi connectivity index (χ1n) is 7.56. The molecule has 1 fully saturated rings.